The van der Waals surface area contributed by atoms with Crippen LogP contribution in [0.3, 0.4) is 0 Å². The molecule has 19 heavy (non-hydrogen) atoms. The molecule has 0 atom stereocenters. The van der Waals surface area contributed by atoms with Crippen LogP contribution >= 0.6 is 0 Å². The Morgan fingerprint density at radius 3 is 2.53 bits per heavy atom. The summed E-state index contributed by atoms with van der Waals surface area (Å²) in [6.07, 6.45) is 0. The van der Waals surface area contributed by atoms with Gasteiger partial charge in [0, 0.05) is 0 Å². The Morgan fingerprint density at radius 1 is 1.05 bits per heavy atom. The van der Waals surface area contributed by atoms with Crippen LogP contribution in [0, 0.1) is 6.92 Å². The molecule has 0 spiro atoms. The van der Waals surface area contributed by atoms with Gasteiger partial charge in [0.05, 0.1) is 24.6 Å². The molecule has 3 nitrogen and oxygen atoms in total. The van der Waals surface area contributed by atoms with Crippen LogP contribution < -0.4 is 4.74 Å². The quantitative estimate of drug-likeness (QED) is 0.714. The van der Waals surface area contributed by atoms with Crippen LogP contribution in [0.25, 0.3) is 10.9 Å². The second-order valence-electron chi connectivity index (χ2n) is 4.67. The number of ether oxygens (including phenoxy) is 1. The standard InChI is InChI=1S/C16H16N2O/c1-12-7-9-13(10-8-12)11-18-15-6-4-3-5-14(15)16(17-18)19-2/h3-10H,11H2,1-2H3. The molecule has 0 bridgehead atoms. The van der Waals surface area contributed by atoms with Crippen molar-refractivity contribution in [3.63, 3.8) is 0 Å². The van der Waals surface area contributed by atoms with Crippen molar-refractivity contribution in [3.05, 3.63) is 59.7 Å². The smallest absolute Gasteiger partial charge is 0.240 e. The summed E-state index contributed by atoms with van der Waals surface area (Å²) >= 11 is 0. The normalized spacial score (nSPS) is 10.8. The van der Waals surface area contributed by atoms with Gasteiger partial charge in [-0.25, -0.2) is 0 Å². The van der Waals surface area contributed by atoms with E-state index in [0.717, 1.165) is 17.4 Å². The van der Waals surface area contributed by atoms with Crippen molar-refractivity contribution in [1.82, 2.24) is 9.78 Å². The Bertz CT molecular complexity index is 698. The van der Waals surface area contributed by atoms with Crippen LogP contribution in [0.4, 0.5) is 0 Å². The molecule has 96 valence electrons. The number of fused-ring (bicyclic) bond motifs is 1. The van der Waals surface area contributed by atoms with Crippen LogP contribution in [0.2, 0.25) is 0 Å². The molecule has 0 saturated carbocycles. The van der Waals surface area contributed by atoms with Crippen molar-refractivity contribution < 1.29 is 4.74 Å². The number of hydrogen-bond donors (Lipinski definition) is 0. The molecule has 0 amide bonds. The minimum Gasteiger partial charge on any atom is -0.479 e. The molecule has 2 aromatic carbocycles. The molecule has 0 fully saturated rings. The highest BCUT2D eigenvalue weighted by molar-refractivity contribution is 5.84. The SMILES string of the molecule is COc1nn(Cc2ccc(C)cc2)c2ccccc12. The van der Waals surface area contributed by atoms with Crippen molar-refractivity contribution in [2.75, 3.05) is 7.11 Å². The van der Waals surface area contributed by atoms with E-state index in [1.54, 1.807) is 7.11 Å². The number of hydrogen-bond acceptors (Lipinski definition) is 2. The third kappa shape index (κ3) is 2.19. The van der Waals surface area contributed by atoms with Gasteiger partial charge in [-0.1, -0.05) is 42.0 Å². The summed E-state index contributed by atoms with van der Waals surface area (Å²) in [4.78, 5) is 0. The fourth-order valence-electron chi connectivity index (χ4n) is 2.23. The summed E-state index contributed by atoms with van der Waals surface area (Å²) in [5.41, 5.74) is 3.60. The molecule has 0 saturated heterocycles. The van der Waals surface area contributed by atoms with Crippen LogP contribution in [-0.2, 0) is 6.54 Å². The zero-order valence-corrected chi connectivity index (χ0v) is 11.1. The molecule has 0 aliphatic rings. The third-order valence-electron chi connectivity index (χ3n) is 3.27. The lowest BCUT2D eigenvalue weighted by Gasteiger charge is -2.04. The Labute approximate surface area is 112 Å². The molecule has 0 radical (unpaired) electrons. The van der Waals surface area contributed by atoms with Gasteiger partial charge in [-0.2, -0.15) is 0 Å². The topological polar surface area (TPSA) is 27.1 Å². The molecule has 0 N–H and O–H groups in total. The van der Waals surface area contributed by atoms with Gasteiger partial charge in [-0.15, -0.1) is 5.10 Å². The summed E-state index contributed by atoms with van der Waals surface area (Å²) in [6, 6.07) is 16.6. The van der Waals surface area contributed by atoms with Gasteiger partial charge < -0.3 is 4.74 Å². The number of nitrogens with zero attached hydrogens (tertiary/aromatic N) is 2. The van der Waals surface area contributed by atoms with E-state index in [-0.39, 0.29) is 0 Å². The van der Waals surface area contributed by atoms with Gasteiger partial charge in [-0.05, 0) is 24.6 Å². The Balaban J connectivity index is 2.03. The minimum atomic E-state index is 0.683. The Morgan fingerprint density at radius 2 is 1.79 bits per heavy atom. The predicted molar refractivity (Wildman–Crippen MR) is 76.6 cm³/mol. The van der Waals surface area contributed by atoms with E-state index in [2.05, 4.69) is 42.4 Å². The third-order valence-corrected chi connectivity index (χ3v) is 3.27. The summed E-state index contributed by atoms with van der Waals surface area (Å²) in [5.74, 6) is 0.683. The van der Waals surface area contributed by atoms with E-state index in [1.165, 1.54) is 11.1 Å². The fraction of sp³-hybridized carbons (Fsp3) is 0.188. The lowest BCUT2D eigenvalue weighted by molar-refractivity contribution is 0.394. The molecule has 0 aliphatic heterocycles. The van der Waals surface area contributed by atoms with Crippen molar-refractivity contribution in [2.45, 2.75) is 13.5 Å². The second-order valence-corrected chi connectivity index (χ2v) is 4.67. The number of benzene rings is 2. The highest BCUT2D eigenvalue weighted by atomic mass is 16.5. The molecule has 3 heteroatoms. The number of methoxy groups -OCH3 is 1. The first kappa shape index (κ1) is 11.8. The van der Waals surface area contributed by atoms with Gasteiger partial charge >= 0.3 is 0 Å². The van der Waals surface area contributed by atoms with Gasteiger partial charge in [0.25, 0.3) is 0 Å². The molecular formula is C16H16N2O. The molecule has 0 aliphatic carbocycles. The van der Waals surface area contributed by atoms with Gasteiger partial charge in [-0.3, -0.25) is 4.68 Å². The van der Waals surface area contributed by atoms with Crippen molar-refractivity contribution in [3.8, 4) is 5.88 Å². The maximum absolute atomic E-state index is 5.33. The summed E-state index contributed by atoms with van der Waals surface area (Å²) in [5, 5.41) is 5.57. The average Bonchev–Trinajstić information content (AvgIpc) is 2.80. The number of aromatic nitrogens is 2. The lowest BCUT2D eigenvalue weighted by atomic mass is 10.1. The van der Waals surface area contributed by atoms with Crippen molar-refractivity contribution >= 4 is 10.9 Å². The van der Waals surface area contributed by atoms with Gasteiger partial charge in [0.2, 0.25) is 5.88 Å². The molecule has 0 unspecified atom stereocenters. The minimum absolute atomic E-state index is 0.683. The maximum Gasteiger partial charge on any atom is 0.240 e. The molecule has 1 heterocycles. The molecular weight excluding hydrogens is 236 g/mol. The lowest BCUT2D eigenvalue weighted by Crippen LogP contribution is -2.01. The van der Waals surface area contributed by atoms with E-state index >= 15 is 0 Å². The highest BCUT2D eigenvalue weighted by Gasteiger charge is 2.10. The number of rotatable bonds is 3. The average molecular weight is 252 g/mol. The van der Waals surface area contributed by atoms with Crippen LogP contribution in [-0.4, -0.2) is 16.9 Å². The largest absolute Gasteiger partial charge is 0.479 e. The monoisotopic (exact) mass is 252 g/mol. The molecule has 3 rings (SSSR count). The zero-order chi connectivity index (χ0) is 13.2. The molecule has 1 aromatic heterocycles. The summed E-state index contributed by atoms with van der Waals surface area (Å²) < 4.78 is 7.32. The fourth-order valence-corrected chi connectivity index (χ4v) is 2.23. The van der Waals surface area contributed by atoms with Gasteiger partial charge in [0.1, 0.15) is 0 Å². The number of aryl methyl sites for hydroxylation is 1. The first-order chi connectivity index (χ1) is 9.28. The second kappa shape index (κ2) is 4.76. The van der Waals surface area contributed by atoms with Crippen LogP contribution in [0.15, 0.2) is 48.5 Å². The van der Waals surface area contributed by atoms with Crippen LogP contribution in [0.5, 0.6) is 5.88 Å². The van der Waals surface area contributed by atoms with Gasteiger partial charge in [0.15, 0.2) is 0 Å². The van der Waals surface area contributed by atoms with Crippen molar-refractivity contribution in [2.24, 2.45) is 0 Å². The number of para-hydroxylation sites is 1. The zero-order valence-electron chi connectivity index (χ0n) is 11.1. The first-order valence-electron chi connectivity index (χ1n) is 6.33. The van der Waals surface area contributed by atoms with E-state index in [4.69, 9.17) is 4.74 Å². The Hall–Kier alpha value is -2.29. The molecule has 3 aromatic rings. The van der Waals surface area contributed by atoms with E-state index in [0.29, 0.717) is 5.88 Å². The summed E-state index contributed by atoms with van der Waals surface area (Å²) in [6.45, 7) is 2.85. The maximum atomic E-state index is 5.33. The van der Waals surface area contributed by atoms with E-state index in [1.807, 2.05) is 22.9 Å². The highest BCUT2D eigenvalue weighted by Crippen LogP contribution is 2.24. The van der Waals surface area contributed by atoms with Crippen molar-refractivity contribution in [1.29, 1.82) is 0 Å². The van der Waals surface area contributed by atoms with Crippen LogP contribution in [0.1, 0.15) is 11.1 Å². The Kier molecular flexibility index (Phi) is 2.95. The summed E-state index contributed by atoms with van der Waals surface area (Å²) in [7, 11) is 1.66. The predicted octanol–water partition coefficient (Wildman–Crippen LogP) is 3.40. The first-order valence-corrected chi connectivity index (χ1v) is 6.33. The van der Waals surface area contributed by atoms with E-state index < -0.39 is 0 Å². The van der Waals surface area contributed by atoms with E-state index in [9.17, 15) is 0 Å².